The number of nitrogens with zero attached hydrogens (tertiary/aromatic N) is 3. The van der Waals surface area contributed by atoms with Crippen LogP contribution in [0.5, 0.6) is 5.75 Å². The molecule has 0 amide bonds. The van der Waals surface area contributed by atoms with Gasteiger partial charge in [0.15, 0.2) is 5.82 Å². The van der Waals surface area contributed by atoms with E-state index in [-0.39, 0.29) is 17.8 Å². The molecule has 1 aromatic carbocycles. The monoisotopic (exact) mass is 356 g/mol. The first-order valence-corrected chi connectivity index (χ1v) is 8.52. The van der Waals surface area contributed by atoms with E-state index in [1.807, 2.05) is 6.07 Å². The van der Waals surface area contributed by atoms with E-state index in [1.54, 1.807) is 24.5 Å². The minimum Gasteiger partial charge on any atom is -0.507 e. The average molecular weight is 357 g/mol. The summed E-state index contributed by atoms with van der Waals surface area (Å²) >= 11 is 5.91. The Labute approximate surface area is 149 Å². The standard InChI is InChI=1S/C18H17ClN4O2/c19-11-2-3-13(16(25)7-11)17-12-5-6-20-9-14(12)18(23-22-17)21-8-10-1-4-15(10)24/h2-3,5-7,9-10,15,24-25H,1,4,8H2,(H,21,23)/t10-,15+/m0/s1. The van der Waals surface area contributed by atoms with Gasteiger partial charge in [0, 0.05) is 46.2 Å². The first-order valence-electron chi connectivity index (χ1n) is 8.14. The van der Waals surface area contributed by atoms with Crippen LogP contribution in [0.15, 0.2) is 36.7 Å². The molecule has 25 heavy (non-hydrogen) atoms. The Morgan fingerprint density at radius 2 is 2.04 bits per heavy atom. The summed E-state index contributed by atoms with van der Waals surface area (Å²) in [5.74, 6) is 0.922. The lowest BCUT2D eigenvalue weighted by Crippen LogP contribution is -2.36. The molecule has 128 valence electrons. The highest BCUT2D eigenvalue weighted by Crippen LogP contribution is 2.36. The molecule has 4 rings (SSSR count). The van der Waals surface area contributed by atoms with E-state index < -0.39 is 0 Å². The molecule has 3 aromatic rings. The predicted octanol–water partition coefficient (Wildman–Crippen LogP) is 3.23. The van der Waals surface area contributed by atoms with Crippen molar-refractivity contribution in [2.24, 2.45) is 5.92 Å². The summed E-state index contributed by atoms with van der Waals surface area (Å²) in [5.41, 5.74) is 1.13. The first-order chi connectivity index (χ1) is 12.1. The van der Waals surface area contributed by atoms with E-state index in [0.29, 0.717) is 28.6 Å². The topological polar surface area (TPSA) is 91.2 Å². The molecule has 7 heteroatoms. The second-order valence-electron chi connectivity index (χ2n) is 6.27. The van der Waals surface area contributed by atoms with Gasteiger partial charge in [-0.1, -0.05) is 11.6 Å². The summed E-state index contributed by atoms with van der Waals surface area (Å²) in [5, 5.41) is 33.9. The Bertz CT molecular complexity index is 934. The second-order valence-corrected chi connectivity index (χ2v) is 6.70. The van der Waals surface area contributed by atoms with Crippen LogP contribution < -0.4 is 5.32 Å². The number of hydrogen-bond donors (Lipinski definition) is 3. The third-order valence-electron chi connectivity index (χ3n) is 4.71. The molecule has 1 aliphatic carbocycles. The van der Waals surface area contributed by atoms with E-state index in [0.717, 1.165) is 23.6 Å². The summed E-state index contributed by atoms with van der Waals surface area (Å²) in [6.45, 7) is 0.644. The Kier molecular flexibility index (Phi) is 4.15. The number of halogens is 1. The van der Waals surface area contributed by atoms with Gasteiger partial charge in [0.1, 0.15) is 11.4 Å². The molecule has 1 saturated carbocycles. The Morgan fingerprint density at radius 1 is 1.16 bits per heavy atom. The van der Waals surface area contributed by atoms with Crippen LogP contribution in [0.2, 0.25) is 5.02 Å². The molecule has 2 atom stereocenters. The number of aromatic nitrogens is 3. The van der Waals surface area contributed by atoms with Gasteiger partial charge in [0.05, 0.1) is 6.10 Å². The second kappa shape index (κ2) is 6.46. The average Bonchev–Trinajstić information content (AvgIpc) is 2.61. The molecule has 0 bridgehead atoms. The molecular formula is C18H17ClN4O2. The number of benzene rings is 1. The number of nitrogens with one attached hydrogen (secondary N) is 1. The Balaban J connectivity index is 1.73. The van der Waals surface area contributed by atoms with Crippen molar-refractivity contribution in [1.29, 1.82) is 0 Å². The molecule has 2 heterocycles. The fourth-order valence-corrected chi connectivity index (χ4v) is 3.22. The van der Waals surface area contributed by atoms with Gasteiger partial charge in [0.25, 0.3) is 0 Å². The molecule has 6 nitrogen and oxygen atoms in total. The van der Waals surface area contributed by atoms with Gasteiger partial charge in [-0.15, -0.1) is 10.2 Å². The van der Waals surface area contributed by atoms with Crippen molar-refractivity contribution in [3.05, 3.63) is 41.7 Å². The molecule has 3 N–H and O–H groups in total. The van der Waals surface area contributed by atoms with Crippen LogP contribution in [0.25, 0.3) is 22.0 Å². The van der Waals surface area contributed by atoms with Crippen LogP contribution in [0.1, 0.15) is 12.8 Å². The summed E-state index contributed by atoms with van der Waals surface area (Å²) in [6.07, 6.45) is 5.03. The summed E-state index contributed by atoms with van der Waals surface area (Å²) in [4.78, 5) is 4.18. The Hall–Kier alpha value is -2.44. The fourth-order valence-electron chi connectivity index (χ4n) is 3.05. The molecule has 0 spiro atoms. The highest BCUT2D eigenvalue weighted by Gasteiger charge is 2.28. The van der Waals surface area contributed by atoms with Crippen molar-refractivity contribution >= 4 is 28.2 Å². The van der Waals surface area contributed by atoms with Gasteiger partial charge < -0.3 is 15.5 Å². The van der Waals surface area contributed by atoms with Crippen LogP contribution >= 0.6 is 11.6 Å². The molecule has 0 radical (unpaired) electrons. The number of anilines is 1. The number of aromatic hydroxyl groups is 1. The number of fused-ring (bicyclic) bond motifs is 1. The number of hydrogen-bond acceptors (Lipinski definition) is 6. The van der Waals surface area contributed by atoms with E-state index in [9.17, 15) is 10.2 Å². The van der Waals surface area contributed by atoms with E-state index in [2.05, 4.69) is 20.5 Å². The van der Waals surface area contributed by atoms with E-state index >= 15 is 0 Å². The zero-order valence-corrected chi connectivity index (χ0v) is 14.1. The molecular weight excluding hydrogens is 340 g/mol. The lowest BCUT2D eigenvalue weighted by Gasteiger charge is -2.32. The van der Waals surface area contributed by atoms with Crippen molar-refractivity contribution < 1.29 is 10.2 Å². The largest absolute Gasteiger partial charge is 0.507 e. The SMILES string of the molecule is Oc1cc(Cl)ccc1-c1nnc(NC[C@@H]2CC[C@H]2O)c2cnccc12. The van der Waals surface area contributed by atoms with Crippen LogP contribution in [0.4, 0.5) is 5.82 Å². The van der Waals surface area contributed by atoms with Crippen LogP contribution in [-0.2, 0) is 0 Å². The van der Waals surface area contributed by atoms with Crippen LogP contribution in [0, 0.1) is 5.92 Å². The van der Waals surface area contributed by atoms with Crippen LogP contribution in [-0.4, -0.2) is 38.0 Å². The van der Waals surface area contributed by atoms with Crippen molar-refractivity contribution in [3.8, 4) is 17.0 Å². The lowest BCUT2D eigenvalue weighted by atomic mass is 9.82. The molecule has 0 aliphatic heterocycles. The van der Waals surface area contributed by atoms with Gasteiger partial charge in [0.2, 0.25) is 0 Å². The highest BCUT2D eigenvalue weighted by molar-refractivity contribution is 6.30. The highest BCUT2D eigenvalue weighted by atomic mass is 35.5. The van der Waals surface area contributed by atoms with E-state index in [4.69, 9.17) is 11.6 Å². The van der Waals surface area contributed by atoms with Gasteiger partial charge in [-0.3, -0.25) is 4.98 Å². The maximum atomic E-state index is 10.2. The minimum atomic E-state index is -0.241. The third kappa shape index (κ3) is 2.99. The molecule has 1 aliphatic rings. The summed E-state index contributed by atoms with van der Waals surface area (Å²) in [7, 11) is 0. The first kappa shape index (κ1) is 16.1. The fraction of sp³-hybridized carbons (Fsp3) is 0.278. The van der Waals surface area contributed by atoms with Crippen LogP contribution in [0.3, 0.4) is 0 Å². The number of rotatable bonds is 4. The van der Waals surface area contributed by atoms with Crippen molar-refractivity contribution in [2.75, 3.05) is 11.9 Å². The number of phenols is 1. The zero-order chi connectivity index (χ0) is 17.4. The number of pyridine rings is 1. The van der Waals surface area contributed by atoms with Crippen molar-refractivity contribution in [2.45, 2.75) is 18.9 Å². The smallest absolute Gasteiger partial charge is 0.158 e. The van der Waals surface area contributed by atoms with Gasteiger partial charge in [-0.25, -0.2) is 0 Å². The van der Waals surface area contributed by atoms with Gasteiger partial charge >= 0.3 is 0 Å². The van der Waals surface area contributed by atoms with Crippen molar-refractivity contribution in [3.63, 3.8) is 0 Å². The predicted molar refractivity (Wildman–Crippen MR) is 96.7 cm³/mol. The maximum Gasteiger partial charge on any atom is 0.158 e. The Morgan fingerprint density at radius 3 is 2.76 bits per heavy atom. The molecule has 0 saturated heterocycles. The summed E-state index contributed by atoms with van der Waals surface area (Å²) in [6, 6.07) is 6.75. The minimum absolute atomic E-state index is 0.0539. The molecule has 0 unspecified atom stereocenters. The maximum absolute atomic E-state index is 10.2. The number of aliphatic hydroxyl groups excluding tert-OH is 1. The quantitative estimate of drug-likeness (QED) is 0.664. The number of phenolic OH excluding ortho intramolecular Hbond substituents is 1. The van der Waals surface area contributed by atoms with Gasteiger partial charge in [-0.05, 0) is 37.1 Å². The number of aliphatic hydroxyl groups is 1. The lowest BCUT2D eigenvalue weighted by molar-refractivity contribution is 0.0314. The summed E-state index contributed by atoms with van der Waals surface area (Å²) < 4.78 is 0. The van der Waals surface area contributed by atoms with Crippen molar-refractivity contribution in [1.82, 2.24) is 15.2 Å². The third-order valence-corrected chi connectivity index (χ3v) is 4.94. The normalized spacial score (nSPS) is 19.6. The van der Waals surface area contributed by atoms with E-state index in [1.165, 1.54) is 6.07 Å². The molecule has 2 aromatic heterocycles. The molecule has 1 fully saturated rings. The zero-order valence-electron chi connectivity index (χ0n) is 13.4. The van der Waals surface area contributed by atoms with Gasteiger partial charge in [-0.2, -0.15) is 0 Å².